The molecule has 0 aliphatic rings. The molecular weight excluding hydrogens is 302 g/mol. The molecule has 0 fully saturated rings. The summed E-state index contributed by atoms with van der Waals surface area (Å²) < 4.78 is 5.65. The Hall–Kier alpha value is -3.34. The van der Waals surface area contributed by atoms with Crippen molar-refractivity contribution >= 4 is 11.7 Å². The SMILES string of the molecule is O=C(NCc1ccccc1)Nc1ccnc(Oc2ccccc2)c1. The first-order valence-corrected chi connectivity index (χ1v) is 7.57. The molecule has 5 nitrogen and oxygen atoms in total. The van der Waals surface area contributed by atoms with Gasteiger partial charge in [-0.2, -0.15) is 0 Å². The minimum Gasteiger partial charge on any atom is -0.439 e. The highest BCUT2D eigenvalue weighted by Gasteiger charge is 2.04. The van der Waals surface area contributed by atoms with Crippen LogP contribution in [0.25, 0.3) is 0 Å². The van der Waals surface area contributed by atoms with Crippen molar-refractivity contribution in [2.24, 2.45) is 0 Å². The van der Waals surface area contributed by atoms with Crippen LogP contribution in [-0.2, 0) is 6.54 Å². The quantitative estimate of drug-likeness (QED) is 0.741. The second-order valence-electron chi connectivity index (χ2n) is 5.09. The van der Waals surface area contributed by atoms with Gasteiger partial charge in [0.25, 0.3) is 0 Å². The zero-order chi connectivity index (χ0) is 16.6. The Morgan fingerprint density at radius 2 is 1.67 bits per heavy atom. The number of ether oxygens (including phenoxy) is 1. The molecule has 0 spiro atoms. The number of nitrogens with zero attached hydrogens (tertiary/aromatic N) is 1. The Morgan fingerprint density at radius 1 is 0.958 bits per heavy atom. The van der Waals surface area contributed by atoms with Crippen LogP contribution in [0.4, 0.5) is 10.5 Å². The predicted octanol–water partition coefficient (Wildman–Crippen LogP) is 4.20. The molecule has 0 saturated heterocycles. The molecule has 5 heteroatoms. The molecule has 1 heterocycles. The van der Waals surface area contributed by atoms with Crippen LogP contribution >= 0.6 is 0 Å². The average Bonchev–Trinajstić information content (AvgIpc) is 2.62. The van der Waals surface area contributed by atoms with Gasteiger partial charge in [0, 0.05) is 24.5 Å². The van der Waals surface area contributed by atoms with Crippen molar-refractivity contribution in [2.45, 2.75) is 6.54 Å². The summed E-state index contributed by atoms with van der Waals surface area (Å²) in [7, 11) is 0. The van der Waals surface area contributed by atoms with E-state index in [1.54, 1.807) is 18.3 Å². The van der Waals surface area contributed by atoms with Crippen LogP contribution in [0, 0.1) is 0 Å². The molecule has 0 unspecified atom stereocenters. The maximum Gasteiger partial charge on any atom is 0.319 e. The lowest BCUT2D eigenvalue weighted by molar-refractivity contribution is 0.251. The summed E-state index contributed by atoms with van der Waals surface area (Å²) in [5.74, 6) is 1.11. The molecule has 0 bridgehead atoms. The Bertz CT molecular complexity index is 792. The first-order chi connectivity index (χ1) is 11.8. The summed E-state index contributed by atoms with van der Waals surface area (Å²) in [5, 5.41) is 5.57. The van der Waals surface area contributed by atoms with Crippen LogP contribution < -0.4 is 15.4 Å². The number of nitrogens with one attached hydrogen (secondary N) is 2. The third-order valence-electron chi connectivity index (χ3n) is 3.25. The number of para-hydroxylation sites is 1. The monoisotopic (exact) mass is 319 g/mol. The highest BCUT2D eigenvalue weighted by atomic mass is 16.5. The van der Waals surface area contributed by atoms with E-state index in [9.17, 15) is 4.79 Å². The minimum absolute atomic E-state index is 0.282. The van der Waals surface area contributed by atoms with Gasteiger partial charge in [-0.15, -0.1) is 0 Å². The lowest BCUT2D eigenvalue weighted by atomic mass is 10.2. The van der Waals surface area contributed by atoms with Crippen molar-refractivity contribution in [3.8, 4) is 11.6 Å². The molecule has 3 aromatic rings. The van der Waals surface area contributed by atoms with Crippen LogP contribution in [0.1, 0.15) is 5.56 Å². The zero-order valence-corrected chi connectivity index (χ0v) is 13.0. The van der Waals surface area contributed by atoms with E-state index >= 15 is 0 Å². The molecule has 0 radical (unpaired) electrons. The van der Waals surface area contributed by atoms with Gasteiger partial charge in [0.2, 0.25) is 5.88 Å². The van der Waals surface area contributed by atoms with E-state index < -0.39 is 0 Å². The van der Waals surface area contributed by atoms with Gasteiger partial charge in [-0.1, -0.05) is 48.5 Å². The molecule has 120 valence electrons. The molecule has 0 aliphatic carbocycles. The molecule has 2 aromatic carbocycles. The van der Waals surface area contributed by atoms with Crippen molar-refractivity contribution in [3.05, 3.63) is 84.6 Å². The second-order valence-corrected chi connectivity index (χ2v) is 5.09. The van der Waals surface area contributed by atoms with Gasteiger partial charge in [-0.05, 0) is 23.8 Å². The van der Waals surface area contributed by atoms with Gasteiger partial charge in [-0.3, -0.25) is 0 Å². The molecule has 3 rings (SSSR count). The fraction of sp³-hybridized carbons (Fsp3) is 0.0526. The number of carbonyl (C=O) groups excluding carboxylic acids is 1. The van der Waals surface area contributed by atoms with Crippen LogP contribution in [0.5, 0.6) is 11.6 Å². The third kappa shape index (κ3) is 4.58. The maximum atomic E-state index is 12.0. The van der Waals surface area contributed by atoms with Gasteiger partial charge in [0.1, 0.15) is 5.75 Å². The van der Waals surface area contributed by atoms with Crippen LogP contribution in [0.3, 0.4) is 0 Å². The van der Waals surface area contributed by atoms with Gasteiger partial charge in [0.15, 0.2) is 0 Å². The number of hydrogen-bond donors (Lipinski definition) is 2. The molecule has 0 saturated carbocycles. The van der Waals surface area contributed by atoms with E-state index in [2.05, 4.69) is 15.6 Å². The van der Waals surface area contributed by atoms with Gasteiger partial charge >= 0.3 is 6.03 Å². The number of hydrogen-bond acceptors (Lipinski definition) is 3. The third-order valence-corrected chi connectivity index (χ3v) is 3.25. The largest absolute Gasteiger partial charge is 0.439 e. The highest BCUT2D eigenvalue weighted by Crippen LogP contribution is 2.21. The number of amides is 2. The van der Waals surface area contributed by atoms with Crippen LogP contribution in [-0.4, -0.2) is 11.0 Å². The Kier molecular flexibility index (Phi) is 5.04. The number of anilines is 1. The Balaban J connectivity index is 1.57. The van der Waals surface area contributed by atoms with E-state index in [4.69, 9.17) is 4.74 Å². The van der Waals surface area contributed by atoms with Crippen molar-refractivity contribution in [1.82, 2.24) is 10.3 Å². The molecule has 24 heavy (non-hydrogen) atoms. The van der Waals surface area contributed by atoms with Crippen LogP contribution in [0.2, 0.25) is 0 Å². The van der Waals surface area contributed by atoms with E-state index in [1.165, 1.54) is 0 Å². The molecule has 2 amide bonds. The summed E-state index contributed by atoms with van der Waals surface area (Å²) in [6, 6.07) is 22.2. The standard InChI is InChI=1S/C19H17N3O2/c23-19(21-14-15-7-3-1-4-8-15)22-16-11-12-20-18(13-16)24-17-9-5-2-6-10-17/h1-13H,14H2,(H2,20,21,22,23). The molecule has 1 aromatic heterocycles. The number of rotatable bonds is 5. The van der Waals surface area contributed by atoms with Gasteiger partial charge in [0.05, 0.1) is 0 Å². The maximum absolute atomic E-state index is 12.0. The molecule has 2 N–H and O–H groups in total. The van der Waals surface area contributed by atoms with Crippen molar-refractivity contribution in [1.29, 1.82) is 0 Å². The molecular formula is C19H17N3O2. The fourth-order valence-corrected chi connectivity index (χ4v) is 2.11. The first kappa shape index (κ1) is 15.6. The average molecular weight is 319 g/mol. The minimum atomic E-state index is -0.282. The zero-order valence-electron chi connectivity index (χ0n) is 13.0. The van der Waals surface area contributed by atoms with E-state index in [-0.39, 0.29) is 6.03 Å². The normalized spacial score (nSPS) is 10.0. The summed E-state index contributed by atoms with van der Waals surface area (Å²) in [6.45, 7) is 0.463. The smallest absolute Gasteiger partial charge is 0.319 e. The predicted molar refractivity (Wildman–Crippen MR) is 93.1 cm³/mol. The number of carbonyl (C=O) groups is 1. The van der Waals surface area contributed by atoms with Crippen molar-refractivity contribution < 1.29 is 9.53 Å². The molecule has 0 atom stereocenters. The summed E-state index contributed by atoms with van der Waals surface area (Å²) in [6.07, 6.45) is 1.59. The number of aromatic nitrogens is 1. The van der Waals surface area contributed by atoms with Crippen molar-refractivity contribution in [3.63, 3.8) is 0 Å². The Labute approximate surface area is 140 Å². The van der Waals surface area contributed by atoms with E-state index in [1.807, 2.05) is 60.7 Å². The van der Waals surface area contributed by atoms with Crippen LogP contribution in [0.15, 0.2) is 79.0 Å². The lowest BCUT2D eigenvalue weighted by Crippen LogP contribution is -2.28. The van der Waals surface area contributed by atoms with Crippen molar-refractivity contribution in [2.75, 3.05) is 5.32 Å². The van der Waals surface area contributed by atoms with Gasteiger partial charge in [-0.25, -0.2) is 9.78 Å². The van der Waals surface area contributed by atoms with E-state index in [0.29, 0.717) is 23.9 Å². The second kappa shape index (κ2) is 7.78. The van der Waals surface area contributed by atoms with E-state index in [0.717, 1.165) is 5.56 Å². The number of benzene rings is 2. The summed E-state index contributed by atoms with van der Waals surface area (Å²) in [4.78, 5) is 16.1. The van der Waals surface area contributed by atoms with Gasteiger partial charge < -0.3 is 15.4 Å². The first-order valence-electron chi connectivity index (χ1n) is 7.57. The fourth-order valence-electron chi connectivity index (χ4n) is 2.11. The highest BCUT2D eigenvalue weighted by molar-refractivity contribution is 5.89. The topological polar surface area (TPSA) is 63.2 Å². The molecule has 0 aliphatic heterocycles. The number of pyridine rings is 1. The summed E-state index contributed by atoms with van der Waals surface area (Å²) in [5.41, 5.74) is 1.65. The number of urea groups is 1. The summed E-state index contributed by atoms with van der Waals surface area (Å²) >= 11 is 0. The Morgan fingerprint density at radius 3 is 2.42 bits per heavy atom. The lowest BCUT2D eigenvalue weighted by Gasteiger charge is -2.09.